The Morgan fingerprint density at radius 2 is 1.74 bits per heavy atom. The fraction of sp³-hybridized carbons (Fsp3) is 0.500. The molecule has 4 saturated heterocycles. The summed E-state index contributed by atoms with van der Waals surface area (Å²) in [6.45, 7) is 9.76. The molecule has 0 saturated carbocycles. The van der Waals surface area contributed by atoms with Gasteiger partial charge in [-0.25, -0.2) is 0 Å². The molecule has 184 valence electrons. The minimum Gasteiger partial charge on any atom is -0.380 e. The zero-order valence-electron chi connectivity index (χ0n) is 20.9. The Balaban J connectivity index is 1.36. The van der Waals surface area contributed by atoms with E-state index < -0.39 is 5.60 Å². The molecule has 4 aliphatic heterocycles. The molecule has 4 fully saturated rings. The summed E-state index contributed by atoms with van der Waals surface area (Å²) in [6, 6.07) is 16.4. The van der Waals surface area contributed by atoms with Crippen molar-refractivity contribution in [2.75, 3.05) is 38.1 Å². The lowest BCUT2D eigenvalue weighted by molar-refractivity contribution is -0.133. The van der Waals surface area contributed by atoms with E-state index in [9.17, 15) is 5.11 Å². The number of aromatic nitrogens is 2. The Morgan fingerprint density at radius 3 is 2.37 bits per heavy atom. The smallest absolute Gasteiger partial charge is 0.266 e. The topological polar surface area (TPSA) is 74.9 Å². The van der Waals surface area contributed by atoms with Crippen LogP contribution in [0.3, 0.4) is 0 Å². The van der Waals surface area contributed by atoms with Gasteiger partial charge in [0.25, 0.3) is 11.8 Å². The lowest BCUT2D eigenvalue weighted by Crippen LogP contribution is -2.63. The molecule has 7 nitrogen and oxygen atoms in total. The van der Waals surface area contributed by atoms with Gasteiger partial charge in [-0.05, 0) is 46.9 Å². The number of morpholine rings is 1. The molecule has 5 heterocycles. The van der Waals surface area contributed by atoms with Crippen molar-refractivity contribution in [3.63, 3.8) is 0 Å². The van der Waals surface area contributed by atoms with Gasteiger partial charge in [0.15, 0.2) is 0 Å². The van der Waals surface area contributed by atoms with Gasteiger partial charge in [-0.3, -0.25) is 0 Å². The number of benzene rings is 2. The summed E-state index contributed by atoms with van der Waals surface area (Å²) in [4.78, 5) is 9.08. The third-order valence-corrected chi connectivity index (χ3v) is 8.09. The molecule has 0 aliphatic carbocycles. The standard InChI is InChI=1S/C28H34N4O3/c1-18(2)19-8-10-21(11-9-19)28(33,27(3)16-31(4)17-27)22-7-5-6-20(12-22)25-29-26(30-35-25)32-14-23-13-24(15-32)34-23/h5-12,18,23-24,33H,13-17H2,1-4H3/t23?,24?,28-/m0/s1. The fourth-order valence-electron chi connectivity index (χ4n) is 6.20. The molecule has 0 radical (unpaired) electrons. The fourth-order valence-corrected chi connectivity index (χ4v) is 6.20. The Kier molecular flexibility index (Phi) is 5.29. The lowest BCUT2D eigenvalue weighted by atomic mass is 9.62. The van der Waals surface area contributed by atoms with E-state index in [0.717, 1.165) is 49.3 Å². The maximum Gasteiger partial charge on any atom is 0.266 e. The van der Waals surface area contributed by atoms with Crippen molar-refractivity contribution in [1.82, 2.24) is 15.0 Å². The van der Waals surface area contributed by atoms with Crippen molar-refractivity contribution in [2.24, 2.45) is 5.41 Å². The van der Waals surface area contributed by atoms with Crippen molar-refractivity contribution >= 4 is 5.95 Å². The normalized spacial score (nSPS) is 25.1. The first kappa shape index (κ1) is 22.7. The number of rotatable bonds is 6. The third-order valence-electron chi connectivity index (χ3n) is 8.09. The van der Waals surface area contributed by atoms with Crippen molar-refractivity contribution in [3.8, 4) is 11.5 Å². The predicted molar refractivity (Wildman–Crippen MR) is 134 cm³/mol. The Hall–Kier alpha value is -2.74. The van der Waals surface area contributed by atoms with Gasteiger partial charge in [0.05, 0.1) is 12.2 Å². The molecule has 0 amide bonds. The van der Waals surface area contributed by atoms with Crippen LogP contribution >= 0.6 is 0 Å². The van der Waals surface area contributed by atoms with Crippen molar-refractivity contribution in [3.05, 3.63) is 65.2 Å². The van der Waals surface area contributed by atoms with Gasteiger partial charge in [0, 0.05) is 43.6 Å². The second-order valence-corrected chi connectivity index (χ2v) is 11.2. The number of ether oxygens (including phenoxy) is 1. The van der Waals surface area contributed by atoms with Crippen molar-refractivity contribution < 1.29 is 14.4 Å². The van der Waals surface area contributed by atoms with Crippen LogP contribution in [0.4, 0.5) is 5.95 Å². The SMILES string of the molecule is CC(C)c1ccc([C@](O)(c2cccc(-c3nc(N4CC5CC(C4)O5)no3)c2)C2(C)CN(C)C2)cc1. The number of piperidine rings is 1. The number of likely N-dealkylation sites (tertiary alicyclic amines) is 1. The quantitative estimate of drug-likeness (QED) is 0.578. The van der Waals surface area contributed by atoms with Crippen LogP contribution in [0, 0.1) is 5.41 Å². The first-order valence-electron chi connectivity index (χ1n) is 12.6. The van der Waals surface area contributed by atoms with Crippen LogP contribution in [-0.4, -0.2) is 65.6 Å². The minimum atomic E-state index is -1.15. The van der Waals surface area contributed by atoms with Crippen LogP contribution in [-0.2, 0) is 10.3 Å². The van der Waals surface area contributed by atoms with Gasteiger partial charge >= 0.3 is 0 Å². The highest BCUT2D eigenvalue weighted by atomic mass is 16.5. The van der Waals surface area contributed by atoms with E-state index in [-0.39, 0.29) is 17.6 Å². The molecule has 2 unspecified atom stereocenters. The molecule has 4 aliphatic rings. The first-order valence-corrected chi connectivity index (χ1v) is 12.6. The highest BCUT2D eigenvalue weighted by Crippen LogP contribution is 2.50. The van der Waals surface area contributed by atoms with Crippen LogP contribution in [0.1, 0.15) is 49.8 Å². The zero-order chi connectivity index (χ0) is 24.4. The van der Waals surface area contributed by atoms with E-state index in [1.807, 2.05) is 24.3 Å². The van der Waals surface area contributed by atoms with Gasteiger partial charge in [-0.15, -0.1) is 0 Å². The maximum absolute atomic E-state index is 12.5. The molecule has 2 aromatic carbocycles. The third kappa shape index (κ3) is 3.68. The molecule has 3 aromatic rings. The monoisotopic (exact) mass is 474 g/mol. The Labute approximate surface area is 206 Å². The molecule has 35 heavy (non-hydrogen) atoms. The minimum absolute atomic E-state index is 0.275. The molecule has 1 aromatic heterocycles. The highest BCUT2D eigenvalue weighted by molar-refractivity contribution is 5.58. The number of fused-ring (bicyclic) bond motifs is 2. The molecular formula is C28H34N4O3. The van der Waals surface area contributed by atoms with Crippen LogP contribution in [0.25, 0.3) is 11.5 Å². The summed E-state index contributed by atoms with van der Waals surface area (Å²) in [6.07, 6.45) is 1.67. The average molecular weight is 475 g/mol. The predicted octanol–water partition coefficient (Wildman–Crippen LogP) is 4.03. The molecule has 0 spiro atoms. The summed E-state index contributed by atoms with van der Waals surface area (Å²) in [5, 5.41) is 16.7. The van der Waals surface area contributed by atoms with E-state index in [2.05, 4.69) is 67.0 Å². The summed E-state index contributed by atoms with van der Waals surface area (Å²) in [7, 11) is 2.09. The van der Waals surface area contributed by atoms with Crippen LogP contribution < -0.4 is 4.90 Å². The summed E-state index contributed by atoms with van der Waals surface area (Å²) >= 11 is 0. The average Bonchev–Trinajstić information content (AvgIpc) is 3.33. The van der Waals surface area contributed by atoms with E-state index in [4.69, 9.17) is 14.2 Å². The number of nitrogens with zero attached hydrogens (tertiary/aromatic N) is 4. The highest BCUT2D eigenvalue weighted by Gasteiger charge is 2.55. The Bertz CT molecular complexity index is 1200. The van der Waals surface area contributed by atoms with Crippen LogP contribution in [0.15, 0.2) is 53.1 Å². The maximum atomic E-state index is 12.5. The van der Waals surface area contributed by atoms with E-state index in [1.54, 1.807) is 0 Å². The van der Waals surface area contributed by atoms with E-state index in [0.29, 0.717) is 17.8 Å². The number of hydrogen-bond acceptors (Lipinski definition) is 7. The van der Waals surface area contributed by atoms with Crippen LogP contribution in [0.5, 0.6) is 0 Å². The van der Waals surface area contributed by atoms with Crippen molar-refractivity contribution in [2.45, 2.75) is 50.9 Å². The first-order chi connectivity index (χ1) is 16.7. The largest absolute Gasteiger partial charge is 0.380 e. The molecule has 3 atom stereocenters. The summed E-state index contributed by atoms with van der Waals surface area (Å²) in [5.74, 6) is 1.51. The van der Waals surface area contributed by atoms with Crippen LogP contribution in [0.2, 0.25) is 0 Å². The Morgan fingerprint density at radius 1 is 1.06 bits per heavy atom. The lowest BCUT2D eigenvalue weighted by Gasteiger charge is -2.56. The molecule has 2 bridgehead atoms. The number of anilines is 1. The second kappa shape index (κ2) is 8.15. The molecule has 7 rings (SSSR count). The molecule has 1 N–H and O–H groups in total. The van der Waals surface area contributed by atoms with E-state index in [1.165, 1.54) is 5.56 Å². The van der Waals surface area contributed by atoms with Gasteiger partial charge in [0.1, 0.15) is 5.60 Å². The molecular weight excluding hydrogens is 440 g/mol. The number of hydrogen-bond donors (Lipinski definition) is 1. The van der Waals surface area contributed by atoms with Gasteiger partial charge in [-0.1, -0.05) is 57.2 Å². The van der Waals surface area contributed by atoms with Gasteiger partial charge < -0.3 is 24.2 Å². The van der Waals surface area contributed by atoms with Gasteiger partial charge in [-0.2, -0.15) is 4.98 Å². The zero-order valence-corrected chi connectivity index (χ0v) is 20.9. The summed E-state index contributed by atoms with van der Waals surface area (Å²) < 4.78 is 11.4. The summed E-state index contributed by atoms with van der Waals surface area (Å²) in [5.41, 5.74) is 2.35. The number of aliphatic hydroxyl groups is 1. The molecule has 7 heteroatoms. The van der Waals surface area contributed by atoms with Crippen molar-refractivity contribution in [1.29, 1.82) is 0 Å². The van der Waals surface area contributed by atoms with E-state index >= 15 is 0 Å². The second-order valence-electron chi connectivity index (χ2n) is 11.2. The van der Waals surface area contributed by atoms with Gasteiger partial charge in [0.2, 0.25) is 0 Å².